The van der Waals surface area contributed by atoms with Crippen LogP contribution in [-0.2, 0) is 50.1 Å². The standard InChI is InChI=1S/C52H88FN5O13S/c1-15-41-52(9,64)46(60)33(5)57(11)27-30(2)24-50(7,63)42(23-40(32(4)48(62)70-41)69-43-25-51(8,66-13)47(61)34(6)68-43)71-49-44(59)38(22-31(3)67-49)56(10)21-20-37-28-58(55-54-37)39(26-53)45(65-12)36-18-16-35(17-19-36)29-72-14/h16-19,28,30-34,38-47,49,59-61,63-64H,15,20-27,29H2,1-14H3/t30-,31-,32-,33-,34+,38+,39-,40+,41-,42-,43+,44-,45-,46-,47+,49+,50-,51-,52-/m1/s1. The second kappa shape index (κ2) is 26.1. The van der Waals surface area contributed by atoms with E-state index in [1.165, 1.54) is 24.3 Å². The number of aliphatic hydroxyl groups is 5. The number of esters is 1. The molecule has 0 unspecified atom stereocenters. The minimum Gasteiger partial charge on any atom is -0.459 e. The van der Waals surface area contributed by atoms with Gasteiger partial charge in [0.25, 0.3) is 0 Å². The van der Waals surface area contributed by atoms with Crippen LogP contribution in [0.25, 0.3) is 0 Å². The minimum absolute atomic E-state index is 0.0956. The number of rotatable bonds is 17. The molecule has 0 radical (unpaired) electrons. The Kier molecular flexibility index (Phi) is 21.9. The number of benzene rings is 1. The lowest BCUT2D eigenvalue weighted by atomic mass is 9.83. The number of hydrogen-bond donors (Lipinski definition) is 5. The monoisotopic (exact) mass is 1040 g/mol. The fraction of sp³-hybridized carbons (Fsp3) is 0.827. The molecule has 3 aliphatic rings. The summed E-state index contributed by atoms with van der Waals surface area (Å²) in [6.07, 6.45) is -5.69. The van der Waals surface area contributed by atoms with E-state index in [2.05, 4.69) is 10.3 Å². The number of hydrogen-bond acceptors (Lipinski definition) is 18. The molecule has 5 rings (SSSR count). The molecule has 0 saturated carbocycles. The highest BCUT2D eigenvalue weighted by atomic mass is 32.2. The fourth-order valence-corrected chi connectivity index (χ4v) is 11.4. The number of aromatic nitrogens is 3. The lowest BCUT2D eigenvalue weighted by Gasteiger charge is -2.47. The van der Waals surface area contributed by atoms with Crippen molar-refractivity contribution < 1.29 is 67.9 Å². The quantitative estimate of drug-likeness (QED) is 0.137. The molecule has 1 aromatic carbocycles. The molecule has 0 spiro atoms. The van der Waals surface area contributed by atoms with Gasteiger partial charge in [0.1, 0.15) is 48.8 Å². The summed E-state index contributed by atoms with van der Waals surface area (Å²) in [5.41, 5.74) is -1.90. The SMILES string of the molecule is CC[C@H]1OC(=O)[C@H](C)[C@@H](O[C@H]2C[C@@](C)(OC)[C@@H](O)[C@H](C)O2)C[C@@H](O[C@@H]2O[C@H](C)C[C@H](N(C)CCc3cn([C@H](CF)[C@H](OC)c4ccc(CSC)cc4)nn3)[C@H]2O)[C@](C)(O)C[C@@H](C)CN(C)[C@H](C)[C@@H](O)[C@]1(C)O. The molecule has 3 saturated heterocycles. The number of ether oxygens (including phenoxy) is 7. The van der Waals surface area contributed by atoms with E-state index in [1.54, 1.807) is 66.6 Å². The first-order chi connectivity index (χ1) is 33.8. The highest BCUT2D eigenvalue weighted by molar-refractivity contribution is 7.97. The van der Waals surface area contributed by atoms with E-state index in [0.717, 1.165) is 11.3 Å². The molecular weight excluding hydrogens is 954 g/mol. The first-order valence-corrected chi connectivity index (χ1v) is 27.1. The van der Waals surface area contributed by atoms with Crippen molar-refractivity contribution in [2.24, 2.45) is 11.8 Å². The van der Waals surface area contributed by atoms with Gasteiger partial charge in [-0.2, -0.15) is 11.8 Å². The molecule has 3 fully saturated rings. The molecule has 0 aliphatic carbocycles. The normalized spacial score (nSPS) is 39.0. The maximum atomic E-state index is 14.8. The lowest BCUT2D eigenvalue weighted by Crippen LogP contribution is -2.59. The third-order valence-electron chi connectivity index (χ3n) is 15.7. The third kappa shape index (κ3) is 14.5. The van der Waals surface area contributed by atoms with Gasteiger partial charge in [-0.25, -0.2) is 9.07 Å². The number of thioether (sulfide) groups is 1. The van der Waals surface area contributed by atoms with Crippen LogP contribution in [0.15, 0.2) is 30.5 Å². The number of carbonyl (C=O) groups excluding carboxylic acids is 1. The molecule has 412 valence electrons. The van der Waals surface area contributed by atoms with E-state index >= 15 is 0 Å². The van der Waals surface area contributed by atoms with Gasteiger partial charge in [-0.1, -0.05) is 43.3 Å². The summed E-state index contributed by atoms with van der Waals surface area (Å²) in [7, 11) is 6.77. The number of nitrogens with zero attached hydrogens (tertiary/aromatic N) is 5. The summed E-state index contributed by atoms with van der Waals surface area (Å²) < 4.78 is 60.0. The van der Waals surface area contributed by atoms with Gasteiger partial charge in [0.05, 0.1) is 47.2 Å². The second-order valence-corrected chi connectivity index (χ2v) is 22.6. The summed E-state index contributed by atoms with van der Waals surface area (Å²) in [4.78, 5) is 18.3. The number of likely N-dealkylation sites (N-methyl/N-ethyl adjacent to an activating group) is 2. The van der Waals surface area contributed by atoms with Crippen LogP contribution in [0.5, 0.6) is 0 Å². The summed E-state index contributed by atoms with van der Waals surface area (Å²) >= 11 is 1.73. The number of alkyl halides is 1. The maximum Gasteiger partial charge on any atom is 0.311 e. The van der Waals surface area contributed by atoms with Crippen LogP contribution in [0, 0.1) is 11.8 Å². The van der Waals surface area contributed by atoms with Gasteiger partial charge >= 0.3 is 5.97 Å². The Morgan fingerprint density at radius 1 is 0.986 bits per heavy atom. The van der Waals surface area contributed by atoms with Gasteiger partial charge in [-0.05, 0) is 105 Å². The van der Waals surface area contributed by atoms with Crippen LogP contribution in [-0.4, -0.2) is 201 Å². The van der Waals surface area contributed by atoms with Crippen molar-refractivity contribution >= 4 is 17.7 Å². The molecule has 5 N–H and O–H groups in total. The average Bonchev–Trinajstić information content (AvgIpc) is 3.81. The Morgan fingerprint density at radius 3 is 2.28 bits per heavy atom. The van der Waals surface area contributed by atoms with Crippen molar-refractivity contribution in [1.82, 2.24) is 24.8 Å². The van der Waals surface area contributed by atoms with E-state index in [4.69, 9.17) is 33.2 Å². The smallest absolute Gasteiger partial charge is 0.311 e. The first-order valence-electron chi connectivity index (χ1n) is 25.7. The van der Waals surface area contributed by atoms with Gasteiger partial charge in [-0.3, -0.25) is 4.79 Å². The van der Waals surface area contributed by atoms with Crippen LogP contribution >= 0.6 is 11.8 Å². The van der Waals surface area contributed by atoms with E-state index in [9.17, 15) is 34.7 Å². The van der Waals surface area contributed by atoms with E-state index in [1.807, 2.05) is 68.3 Å². The molecule has 2 aromatic rings. The first kappa shape index (κ1) is 60.5. The highest BCUT2D eigenvalue weighted by Crippen LogP contribution is 2.39. The highest BCUT2D eigenvalue weighted by Gasteiger charge is 2.51. The Labute approximate surface area is 431 Å². The van der Waals surface area contributed by atoms with Crippen LogP contribution in [0.4, 0.5) is 4.39 Å². The summed E-state index contributed by atoms with van der Waals surface area (Å²) in [5, 5.41) is 68.1. The number of aliphatic hydroxyl groups excluding tert-OH is 3. The predicted octanol–water partition coefficient (Wildman–Crippen LogP) is 4.62. The van der Waals surface area contributed by atoms with Gasteiger partial charge in [-0.15, -0.1) is 5.10 Å². The molecule has 19 atom stereocenters. The molecule has 3 aliphatic heterocycles. The van der Waals surface area contributed by atoms with Gasteiger partial charge in [0.2, 0.25) is 0 Å². The van der Waals surface area contributed by atoms with Crippen molar-refractivity contribution in [2.75, 3.05) is 54.3 Å². The van der Waals surface area contributed by atoms with E-state index < -0.39 is 115 Å². The molecule has 0 amide bonds. The predicted molar refractivity (Wildman–Crippen MR) is 271 cm³/mol. The van der Waals surface area contributed by atoms with Gasteiger partial charge in [0.15, 0.2) is 12.6 Å². The summed E-state index contributed by atoms with van der Waals surface area (Å²) in [6, 6.07) is 6.16. The Hall–Kier alpha value is -2.41. The largest absolute Gasteiger partial charge is 0.459 e. The van der Waals surface area contributed by atoms with Crippen molar-refractivity contribution in [1.29, 1.82) is 0 Å². The topological polar surface area (TPSA) is 220 Å². The minimum atomic E-state index is -1.84. The van der Waals surface area contributed by atoms with Crippen LogP contribution in [0.3, 0.4) is 0 Å². The van der Waals surface area contributed by atoms with Crippen LogP contribution in [0.2, 0.25) is 0 Å². The average molecular weight is 1040 g/mol. The Morgan fingerprint density at radius 2 is 1.67 bits per heavy atom. The van der Waals surface area contributed by atoms with Crippen molar-refractivity contribution in [3.05, 3.63) is 47.3 Å². The number of carbonyl (C=O) groups is 1. The van der Waals surface area contributed by atoms with E-state index in [-0.39, 0.29) is 37.7 Å². The number of cyclic esters (lactones) is 1. The molecular formula is C52H88FN5O13S. The van der Waals surface area contributed by atoms with Gasteiger partial charge < -0.3 is 68.5 Å². The van der Waals surface area contributed by atoms with E-state index in [0.29, 0.717) is 31.6 Å². The molecule has 20 heteroatoms. The Balaban J connectivity index is 1.41. The summed E-state index contributed by atoms with van der Waals surface area (Å²) in [6.45, 7) is 15.7. The number of methoxy groups -OCH3 is 2. The zero-order chi connectivity index (χ0) is 53.5. The van der Waals surface area contributed by atoms with Crippen molar-refractivity contribution in [2.45, 2.75) is 209 Å². The van der Waals surface area contributed by atoms with Gasteiger partial charge in [0, 0.05) is 70.6 Å². The molecule has 4 heterocycles. The van der Waals surface area contributed by atoms with Crippen LogP contribution in [0.1, 0.15) is 123 Å². The maximum absolute atomic E-state index is 14.8. The molecule has 1 aromatic heterocycles. The lowest BCUT2D eigenvalue weighted by molar-refractivity contribution is -0.308. The zero-order valence-electron chi connectivity index (χ0n) is 45.2. The fourth-order valence-electron chi connectivity index (χ4n) is 10.9. The molecule has 0 bridgehead atoms. The summed E-state index contributed by atoms with van der Waals surface area (Å²) in [5.74, 6) is -1.11. The second-order valence-electron chi connectivity index (χ2n) is 21.7. The van der Waals surface area contributed by atoms with Crippen molar-refractivity contribution in [3.63, 3.8) is 0 Å². The Bertz CT molecular complexity index is 1970. The molecule has 18 nitrogen and oxygen atoms in total. The van der Waals surface area contributed by atoms with Crippen molar-refractivity contribution in [3.8, 4) is 0 Å². The number of halogens is 1. The zero-order valence-corrected chi connectivity index (χ0v) is 46.0. The third-order valence-corrected chi connectivity index (χ3v) is 16.4. The molecule has 72 heavy (non-hydrogen) atoms. The van der Waals surface area contributed by atoms with Crippen LogP contribution < -0.4 is 0 Å².